The summed E-state index contributed by atoms with van der Waals surface area (Å²) in [6, 6.07) is 9.80. The maximum absolute atomic E-state index is 13.0. The lowest BCUT2D eigenvalue weighted by Gasteiger charge is -2.21. The van der Waals surface area contributed by atoms with Gasteiger partial charge in [-0.15, -0.1) is 0 Å². The third kappa shape index (κ3) is 4.21. The second kappa shape index (κ2) is 8.37. The molecular weight excluding hydrogens is 426 g/mol. The lowest BCUT2D eigenvalue weighted by atomic mass is 10.1. The van der Waals surface area contributed by atoms with Crippen molar-refractivity contribution in [1.82, 2.24) is 4.31 Å². The minimum Gasteiger partial charge on any atom is -0.325 e. The van der Waals surface area contributed by atoms with Crippen LogP contribution in [0, 0.1) is 6.92 Å². The molecule has 7 nitrogen and oxygen atoms in total. The van der Waals surface area contributed by atoms with Crippen LogP contribution in [-0.2, 0) is 26.0 Å². The summed E-state index contributed by atoms with van der Waals surface area (Å²) in [5.74, 6) is -0.550. The smallest absolute Gasteiger partial charge is 0.243 e. The van der Waals surface area contributed by atoms with Gasteiger partial charge in [0.05, 0.1) is 11.4 Å². The van der Waals surface area contributed by atoms with Crippen molar-refractivity contribution >= 4 is 44.8 Å². The number of likely N-dealkylation sites (N-methyl/N-ethyl adjacent to an activating group) is 1. The summed E-state index contributed by atoms with van der Waals surface area (Å²) in [6.07, 6.45) is 0.580. The van der Waals surface area contributed by atoms with Gasteiger partial charge in [-0.05, 0) is 61.7 Å². The van der Waals surface area contributed by atoms with Gasteiger partial charge in [-0.2, -0.15) is 4.31 Å². The fraction of sp³-hybridized carbons (Fsp3) is 0.333. The zero-order chi connectivity index (χ0) is 22.2. The first-order valence-electron chi connectivity index (χ1n) is 9.46. The van der Waals surface area contributed by atoms with Crippen LogP contribution in [0.25, 0.3) is 0 Å². The van der Waals surface area contributed by atoms with Gasteiger partial charge in [0.2, 0.25) is 21.8 Å². The number of rotatable bonds is 5. The van der Waals surface area contributed by atoms with Gasteiger partial charge in [0.15, 0.2) is 0 Å². The highest BCUT2D eigenvalue weighted by atomic mass is 35.5. The van der Waals surface area contributed by atoms with Gasteiger partial charge in [0, 0.05) is 36.4 Å². The van der Waals surface area contributed by atoms with Crippen molar-refractivity contribution in [3.63, 3.8) is 0 Å². The summed E-state index contributed by atoms with van der Waals surface area (Å²) in [5.41, 5.74) is 2.77. The molecule has 0 aliphatic carbocycles. The SMILES string of the molecule is CC(=O)N1c2ccc(S(=O)(=O)N(C)CC(=O)Nc3cccc(Cl)c3C)cc2CC1C. The molecular formula is C21H24ClN3O4S. The lowest BCUT2D eigenvalue weighted by molar-refractivity contribution is -0.117. The predicted molar refractivity (Wildman–Crippen MR) is 117 cm³/mol. The zero-order valence-corrected chi connectivity index (χ0v) is 18.8. The molecule has 2 aromatic carbocycles. The number of benzene rings is 2. The Bertz CT molecular complexity index is 1120. The minimum atomic E-state index is -3.88. The van der Waals surface area contributed by atoms with Gasteiger partial charge in [0.25, 0.3) is 0 Å². The van der Waals surface area contributed by atoms with E-state index in [-0.39, 0.29) is 23.4 Å². The predicted octanol–water partition coefficient (Wildman–Crippen LogP) is 3.21. The molecule has 0 saturated carbocycles. The van der Waals surface area contributed by atoms with Gasteiger partial charge in [-0.25, -0.2) is 8.42 Å². The normalized spacial score (nSPS) is 15.9. The highest BCUT2D eigenvalue weighted by Crippen LogP contribution is 2.34. The molecule has 1 heterocycles. The zero-order valence-electron chi connectivity index (χ0n) is 17.3. The van der Waals surface area contributed by atoms with Crippen molar-refractivity contribution in [2.24, 2.45) is 0 Å². The fourth-order valence-electron chi connectivity index (χ4n) is 3.65. The van der Waals surface area contributed by atoms with E-state index in [0.717, 1.165) is 15.6 Å². The van der Waals surface area contributed by atoms with Crippen LogP contribution in [0.4, 0.5) is 11.4 Å². The van der Waals surface area contributed by atoms with E-state index in [1.54, 1.807) is 42.2 Å². The summed E-state index contributed by atoms with van der Waals surface area (Å²) in [4.78, 5) is 26.0. The van der Waals surface area contributed by atoms with Crippen LogP contribution in [0.15, 0.2) is 41.3 Å². The van der Waals surface area contributed by atoms with Crippen molar-refractivity contribution in [3.8, 4) is 0 Å². The second-order valence-electron chi connectivity index (χ2n) is 7.45. The van der Waals surface area contributed by atoms with Crippen LogP contribution in [0.5, 0.6) is 0 Å². The lowest BCUT2D eigenvalue weighted by Crippen LogP contribution is -2.35. The number of anilines is 2. The maximum atomic E-state index is 13.0. The number of sulfonamides is 1. The standard InChI is InChI=1S/C21H24ClN3O4S/c1-13-10-16-11-17(8-9-20(16)25(13)15(3)26)30(28,29)24(4)12-21(27)23-19-7-5-6-18(22)14(19)2/h5-9,11,13H,10,12H2,1-4H3,(H,23,27). The van der Waals surface area contributed by atoms with Crippen LogP contribution in [0.3, 0.4) is 0 Å². The molecule has 2 amide bonds. The average Bonchev–Trinajstić information content (AvgIpc) is 3.00. The topological polar surface area (TPSA) is 86.8 Å². The molecule has 0 bridgehead atoms. The molecule has 1 atom stereocenters. The van der Waals surface area contributed by atoms with Crippen molar-refractivity contribution in [2.45, 2.75) is 38.1 Å². The Kier molecular flexibility index (Phi) is 6.21. The summed E-state index contributed by atoms with van der Waals surface area (Å²) < 4.78 is 27.0. The molecule has 9 heteroatoms. The van der Waals surface area contributed by atoms with Crippen LogP contribution in [0.2, 0.25) is 5.02 Å². The van der Waals surface area contributed by atoms with Crippen molar-refractivity contribution < 1.29 is 18.0 Å². The van der Waals surface area contributed by atoms with Crippen molar-refractivity contribution in [2.75, 3.05) is 23.8 Å². The molecule has 1 unspecified atom stereocenters. The van der Waals surface area contributed by atoms with Crippen LogP contribution in [0.1, 0.15) is 25.0 Å². The average molecular weight is 450 g/mol. The number of halogens is 1. The Labute approximate surface area is 181 Å². The van der Waals surface area contributed by atoms with Gasteiger partial charge >= 0.3 is 0 Å². The Balaban J connectivity index is 1.77. The van der Waals surface area contributed by atoms with E-state index in [2.05, 4.69) is 5.32 Å². The largest absolute Gasteiger partial charge is 0.325 e. The van der Waals surface area contributed by atoms with Crippen LogP contribution in [-0.4, -0.2) is 44.2 Å². The monoisotopic (exact) mass is 449 g/mol. The summed E-state index contributed by atoms with van der Waals surface area (Å²) in [7, 11) is -2.52. The second-order valence-corrected chi connectivity index (χ2v) is 9.91. The van der Waals surface area contributed by atoms with Gasteiger partial charge in [-0.3, -0.25) is 9.59 Å². The number of amides is 2. The van der Waals surface area contributed by atoms with E-state index in [0.29, 0.717) is 22.7 Å². The third-order valence-corrected chi connectivity index (χ3v) is 7.43. The number of hydrogen-bond acceptors (Lipinski definition) is 4. The highest BCUT2D eigenvalue weighted by molar-refractivity contribution is 7.89. The third-order valence-electron chi connectivity index (χ3n) is 5.22. The van der Waals surface area contributed by atoms with E-state index < -0.39 is 15.9 Å². The molecule has 3 rings (SSSR count). The Morgan fingerprint density at radius 3 is 2.63 bits per heavy atom. The molecule has 0 saturated heterocycles. The first-order chi connectivity index (χ1) is 14.0. The molecule has 30 heavy (non-hydrogen) atoms. The van der Waals surface area contributed by atoms with Gasteiger partial charge < -0.3 is 10.2 Å². The molecule has 0 spiro atoms. The number of fused-ring (bicyclic) bond motifs is 1. The summed E-state index contributed by atoms with van der Waals surface area (Å²) >= 11 is 6.06. The maximum Gasteiger partial charge on any atom is 0.243 e. The van der Waals surface area contributed by atoms with Gasteiger partial charge in [-0.1, -0.05) is 17.7 Å². The minimum absolute atomic E-state index is 0.0279. The summed E-state index contributed by atoms with van der Waals surface area (Å²) in [6.45, 7) is 4.84. The van der Waals surface area contributed by atoms with E-state index in [1.807, 2.05) is 6.92 Å². The molecule has 0 aromatic heterocycles. The Hall–Kier alpha value is -2.42. The van der Waals surface area contributed by atoms with E-state index in [1.165, 1.54) is 20.0 Å². The Morgan fingerprint density at radius 2 is 1.97 bits per heavy atom. The molecule has 160 valence electrons. The number of hydrogen-bond donors (Lipinski definition) is 1. The molecule has 1 N–H and O–H groups in total. The number of nitrogens with one attached hydrogen (secondary N) is 1. The number of carbonyl (C=O) groups excluding carboxylic acids is 2. The molecule has 1 aliphatic heterocycles. The molecule has 2 aromatic rings. The summed E-state index contributed by atoms with van der Waals surface area (Å²) in [5, 5.41) is 3.21. The van der Waals surface area contributed by atoms with Crippen LogP contribution >= 0.6 is 11.6 Å². The van der Waals surface area contributed by atoms with Crippen molar-refractivity contribution in [3.05, 3.63) is 52.5 Å². The highest BCUT2D eigenvalue weighted by Gasteiger charge is 2.31. The molecule has 0 radical (unpaired) electrons. The number of carbonyl (C=O) groups is 2. The molecule has 0 fully saturated rings. The van der Waals surface area contributed by atoms with Crippen LogP contribution < -0.4 is 10.2 Å². The van der Waals surface area contributed by atoms with Crippen molar-refractivity contribution in [1.29, 1.82) is 0 Å². The van der Waals surface area contributed by atoms with E-state index >= 15 is 0 Å². The first-order valence-corrected chi connectivity index (χ1v) is 11.3. The molecule has 1 aliphatic rings. The Morgan fingerprint density at radius 1 is 1.27 bits per heavy atom. The quantitative estimate of drug-likeness (QED) is 0.759. The first kappa shape index (κ1) is 22.3. The van der Waals surface area contributed by atoms with Gasteiger partial charge in [0.1, 0.15) is 0 Å². The van der Waals surface area contributed by atoms with E-state index in [4.69, 9.17) is 11.6 Å². The fourth-order valence-corrected chi connectivity index (χ4v) is 5.00. The van der Waals surface area contributed by atoms with E-state index in [9.17, 15) is 18.0 Å². The number of nitrogens with zero attached hydrogens (tertiary/aromatic N) is 2.